The van der Waals surface area contributed by atoms with E-state index in [2.05, 4.69) is 5.32 Å². The van der Waals surface area contributed by atoms with Gasteiger partial charge in [-0.1, -0.05) is 24.3 Å². The Kier molecular flexibility index (Phi) is 7.39. The summed E-state index contributed by atoms with van der Waals surface area (Å²) in [6.45, 7) is 2.02. The van der Waals surface area contributed by atoms with Crippen molar-refractivity contribution in [2.75, 3.05) is 6.61 Å². The van der Waals surface area contributed by atoms with E-state index in [0.29, 0.717) is 25.0 Å². The second-order valence-electron chi connectivity index (χ2n) is 4.53. The van der Waals surface area contributed by atoms with Gasteiger partial charge in [0.15, 0.2) is 0 Å². The molecule has 0 unspecified atom stereocenters. The smallest absolute Gasteiger partial charge is 0.330 e. The lowest BCUT2D eigenvalue weighted by Gasteiger charge is -2.14. The molecule has 0 aromatic heterocycles. The lowest BCUT2D eigenvalue weighted by atomic mass is 10.1. The highest BCUT2D eigenvalue weighted by Gasteiger charge is 2.17. The van der Waals surface area contributed by atoms with Gasteiger partial charge in [0.1, 0.15) is 6.04 Å². The highest BCUT2D eigenvalue weighted by Crippen LogP contribution is 2.03. The summed E-state index contributed by atoms with van der Waals surface area (Å²) in [7, 11) is 0. The van der Waals surface area contributed by atoms with E-state index >= 15 is 0 Å². The molecule has 0 aliphatic rings. The Bertz CT molecular complexity index is 540. The molecule has 0 fully saturated rings. The molecule has 1 rings (SSSR count). The molecule has 22 heavy (non-hydrogen) atoms. The maximum Gasteiger partial charge on any atom is 0.330 e. The molecule has 6 heteroatoms. The number of hydrogen-bond donors (Lipinski definition) is 2. The van der Waals surface area contributed by atoms with Crippen molar-refractivity contribution in [3.63, 3.8) is 0 Å². The summed E-state index contributed by atoms with van der Waals surface area (Å²) in [6.07, 6.45) is 3.61. The number of primary amides is 1. The van der Waals surface area contributed by atoms with Crippen LogP contribution in [0.15, 0.2) is 42.5 Å². The molecule has 6 nitrogen and oxygen atoms in total. The minimum Gasteiger partial charge on any atom is -0.463 e. The molecule has 118 valence electrons. The van der Waals surface area contributed by atoms with Crippen LogP contribution in [0.2, 0.25) is 0 Å². The monoisotopic (exact) mass is 304 g/mol. The van der Waals surface area contributed by atoms with Crippen LogP contribution in [0.1, 0.15) is 30.1 Å². The molecule has 0 bridgehead atoms. The Labute approximate surface area is 129 Å². The van der Waals surface area contributed by atoms with E-state index in [4.69, 9.17) is 10.5 Å². The highest BCUT2D eigenvalue weighted by atomic mass is 16.5. The number of nitrogens with two attached hydrogens (primary N) is 1. The van der Waals surface area contributed by atoms with Crippen LogP contribution < -0.4 is 11.1 Å². The third kappa shape index (κ3) is 6.21. The van der Waals surface area contributed by atoms with Crippen LogP contribution in [0.4, 0.5) is 0 Å². The molecule has 2 amide bonds. The summed E-state index contributed by atoms with van der Waals surface area (Å²) < 4.78 is 4.73. The standard InChI is InChI=1S/C16H20N2O4/c1-2-22-14(19)11-7-6-10-13(15(17)20)18-16(21)12-8-4-3-5-9-12/h3-5,7-9,11,13H,2,6,10H2,1H3,(H2,17,20)(H,18,21)/b11-7+/t13-/m0/s1. The van der Waals surface area contributed by atoms with Crippen LogP contribution in [-0.2, 0) is 14.3 Å². The predicted molar refractivity (Wildman–Crippen MR) is 81.9 cm³/mol. The van der Waals surface area contributed by atoms with Crippen LogP contribution in [0.25, 0.3) is 0 Å². The molecule has 1 aromatic carbocycles. The summed E-state index contributed by atoms with van der Waals surface area (Å²) in [6, 6.07) is 7.76. The number of amides is 2. The van der Waals surface area contributed by atoms with Crippen molar-refractivity contribution in [2.45, 2.75) is 25.8 Å². The van der Waals surface area contributed by atoms with Gasteiger partial charge in [-0.2, -0.15) is 0 Å². The number of carbonyl (C=O) groups excluding carboxylic acids is 3. The van der Waals surface area contributed by atoms with Gasteiger partial charge in [0.25, 0.3) is 5.91 Å². The lowest BCUT2D eigenvalue weighted by molar-refractivity contribution is -0.137. The molecule has 0 aliphatic heterocycles. The molecular formula is C16H20N2O4. The highest BCUT2D eigenvalue weighted by molar-refractivity contribution is 5.97. The quantitative estimate of drug-likeness (QED) is 0.556. The summed E-state index contributed by atoms with van der Waals surface area (Å²) in [5.41, 5.74) is 5.74. The molecule has 3 N–H and O–H groups in total. The first-order valence-corrected chi connectivity index (χ1v) is 7.03. The van der Waals surface area contributed by atoms with Crippen molar-refractivity contribution in [1.82, 2.24) is 5.32 Å². The number of rotatable bonds is 8. The maximum atomic E-state index is 12.0. The molecule has 1 atom stereocenters. The van der Waals surface area contributed by atoms with E-state index in [9.17, 15) is 14.4 Å². The molecule has 0 aliphatic carbocycles. The van der Waals surface area contributed by atoms with Gasteiger partial charge in [-0.05, 0) is 31.9 Å². The van der Waals surface area contributed by atoms with Gasteiger partial charge in [-0.15, -0.1) is 0 Å². The zero-order valence-electron chi connectivity index (χ0n) is 12.5. The van der Waals surface area contributed by atoms with Gasteiger partial charge >= 0.3 is 5.97 Å². The average Bonchev–Trinajstić information content (AvgIpc) is 2.51. The van der Waals surface area contributed by atoms with Gasteiger partial charge in [0.2, 0.25) is 5.91 Å². The Hall–Kier alpha value is -2.63. The fourth-order valence-corrected chi connectivity index (χ4v) is 1.75. The zero-order chi connectivity index (χ0) is 16.4. The lowest BCUT2D eigenvalue weighted by Crippen LogP contribution is -2.44. The molecule has 0 radical (unpaired) electrons. The van der Waals surface area contributed by atoms with Gasteiger partial charge in [0, 0.05) is 11.6 Å². The first-order chi connectivity index (χ1) is 10.5. The van der Waals surface area contributed by atoms with E-state index in [1.54, 1.807) is 43.3 Å². The first-order valence-electron chi connectivity index (χ1n) is 7.03. The van der Waals surface area contributed by atoms with Crippen molar-refractivity contribution >= 4 is 17.8 Å². The van der Waals surface area contributed by atoms with E-state index in [1.807, 2.05) is 0 Å². The van der Waals surface area contributed by atoms with Gasteiger partial charge in [-0.3, -0.25) is 9.59 Å². The van der Waals surface area contributed by atoms with Crippen molar-refractivity contribution < 1.29 is 19.1 Å². The van der Waals surface area contributed by atoms with Gasteiger partial charge < -0.3 is 15.8 Å². The molecule has 0 saturated carbocycles. The molecule has 0 spiro atoms. The summed E-state index contributed by atoms with van der Waals surface area (Å²) in [5.74, 6) is -1.42. The second-order valence-corrected chi connectivity index (χ2v) is 4.53. The average molecular weight is 304 g/mol. The first kappa shape index (κ1) is 17.4. The van der Waals surface area contributed by atoms with E-state index < -0.39 is 17.9 Å². The Morgan fingerprint density at radius 2 is 1.95 bits per heavy atom. The number of esters is 1. The van der Waals surface area contributed by atoms with Crippen LogP contribution in [-0.4, -0.2) is 30.4 Å². The van der Waals surface area contributed by atoms with Gasteiger partial charge in [0.05, 0.1) is 6.61 Å². The van der Waals surface area contributed by atoms with E-state index in [0.717, 1.165) is 0 Å². The largest absolute Gasteiger partial charge is 0.463 e. The van der Waals surface area contributed by atoms with Crippen LogP contribution in [0, 0.1) is 0 Å². The molecule has 1 aromatic rings. The van der Waals surface area contributed by atoms with Crippen LogP contribution in [0.5, 0.6) is 0 Å². The number of hydrogen-bond acceptors (Lipinski definition) is 4. The molecular weight excluding hydrogens is 284 g/mol. The predicted octanol–water partition coefficient (Wildman–Crippen LogP) is 1.17. The van der Waals surface area contributed by atoms with Crippen molar-refractivity contribution in [3.8, 4) is 0 Å². The second kappa shape index (κ2) is 9.33. The van der Waals surface area contributed by atoms with Crippen molar-refractivity contribution in [2.24, 2.45) is 5.73 Å². The van der Waals surface area contributed by atoms with Crippen LogP contribution >= 0.6 is 0 Å². The SMILES string of the molecule is CCOC(=O)/C=C/CC[C@H](NC(=O)c1ccccc1)C(N)=O. The number of allylic oxidation sites excluding steroid dienone is 1. The number of ether oxygens (including phenoxy) is 1. The zero-order valence-corrected chi connectivity index (χ0v) is 12.5. The Morgan fingerprint density at radius 1 is 1.27 bits per heavy atom. The summed E-state index contributed by atoms with van der Waals surface area (Å²) in [5, 5.41) is 2.58. The van der Waals surface area contributed by atoms with Crippen LogP contribution in [0.3, 0.4) is 0 Å². The fourth-order valence-electron chi connectivity index (χ4n) is 1.75. The topological polar surface area (TPSA) is 98.5 Å². The number of benzene rings is 1. The van der Waals surface area contributed by atoms with Crippen molar-refractivity contribution in [3.05, 3.63) is 48.0 Å². The minimum absolute atomic E-state index is 0.306. The summed E-state index contributed by atoms with van der Waals surface area (Å²) >= 11 is 0. The third-order valence-corrected chi connectivity index (χ3v) is 2.85. The van der Waals surface area contributed by atoms with Crippen molar-refractivity contribution in [1.29, 1.82) is 0 Å². The van der Waals surface area contributed by atoms with E-state index in [-0.39, 0.29) is 5.91 Å². The normalized spacial score (nSPS) is 11.9. The Morgan fingerprint density at radius 3 is 2.55 bits per heavy atom. The third-order valence-electron chi connectivity index (χ3n) is 2.85. The fraction of sp³-hybridized carbons (Fsp3) is 0.312. The molecule has 0 heterocycles. The van der Waals surface area contributed by atoms with E-state index in [1.165, 1.54) is 6.08 Å². The summed E-state index contributed by atoms with van der Waals surface area (Å²) in [4.78, 5) is 34.5. The maximum absolute atomic E-state index is 12.0. The molecule has 0 saturated heterocycles. The minimum atomic E-state index is -0.792. The number of carbonyl (C=O) groups is 3. The number of nitrogens with one attached hydrogen (secondary N) is 1. The Balaban J connectivity index is 2.51. The van der Waals surface area contributed by atoms with Gasteiger partial charge in [-0.25, -0.2) is 4.79 Å².